The summed E-state index contributed by atoms with van der Waals surface area (Å²) in [5.41, 5.74) is 2.43. The van der Waals surface area contributed by atoms with E-state index in [4.69, 9.17) is 0 Å². The summed E-state index contributed by atoms with van der Waals surface area (Å²) in [6, 6.07) is 8.71. The van der Waals surface area contributed by atoms with Gasteiger partial charge in [-0.1, -0.05) is 46.3 Å². The highest BCUT2D eigenvalue weighted by Crippen LogP contribution is 2.20. The van der Waals surface area contributed by atoms with Gasteiger partial charge in [-0.15, -0.1) is 6.58 Å². The summed E-state index contributed by atoms with van der Waals surface area (Å²) in [6.45, 7) is 10.6. The highest BCUT2D eigenvalue weighted by molar-refractivity contribution is 9.10. The van der Waals surface area contributed by atoms with Crippen molar-refractivity contribution in [1.82, 2.24) is 5.32 Å². The van der Waals surface area contributed by atoms with E-state index >= 15 is 0 Å². The third-order valence-electron chi connectivity index (χ3n) is 2.32. The molecule has 0 radical (unpaired) electrons. The number of benzene rings is 1. The molecule has 1 aromatic rings. The topological polar surface area (TPSA) is 12.0 Å². The first-order chi connectivity index (χ1) is 7.63. The smallest absolute Gasteiger partial charge is 0.0357 e. The minimum Gasteiger partial charge on any atom is -0.306 e. The molecule has 0 bridgehead atoms. The van der Waals surface area contributed by atoms with Crippen molar-refractivity contribution in [2.24, 2.45) is 0 Å². The van der Waals surface area contributed by atoms with Gasteiger partial charge in [-0.25, -0.2) is 0 Å². The Bertz CT molecular complexity index is 354. The summed E-state index contributed by atoms with van der Waals surface area (Å²) in [7, 11) is 0. The van der Waals surface area contributed by atoms with Gasteiger partial charge in [0.25, 0.3) is 0 Å². The highest BCUT2D eigenvalue weighted by atomic mass is 79.9. The maximum Gasteiger partial charge on any atom is 0.0357 e. The van der Waals surface area contributed by atoms with Gasteiger partial charge >= 0.3 is 0 Å². The van der Waals surface area contributed by atoms with Crippen LogP contribution in [0.3, 0.4) is 0 Å². The van der Waals surface area contributed by atoms with E-state index in [2.05, 4.69) is 58.7 Å². The Labute approximate surface area is 106 Å². The fourth-order valence-electron chi connectivity index (χ4n) is 1.50. The predicted octanol–water partition coefficient (Wildman–Crippen LogP) is 4.23. The van der Waals surface area contributed by atoms with Crippen molar-refractivity contribution in [1.29, 1.82) is 0 Å². The third-order valence-corrected chi connectivity index (χ3v) is 2.85. The molecule has 0 saturated carbocycles. The standard InChI is InChI=1S/C14H18BrN/c1-4-5-14(16-10-11(2)3)12-6-8-13(15)9-7-12/h4,6-9,14,16H,1-2,5,10H2,3H3. The Hall–Kier alpha value is -0.860. The highest BCUT2D eigenvalue weighted by Gasteiger charge is 2.08. The SMILES string of the molecule is C=CCC(NCC(=C)C)c1ccc(Br)cc1. The van der Waals surface area contributed by atoms with Crippen LogP contribution in [0, 0.1) is 0 Å². The van der Waals surface area contributed by atoms with Gasteiger partial charge in [-0.3, -0.25) is 0 Å². The molecule has 0 aliphatic heterocycles. The van der Waals surface area contributed by atoms with Gasteiger partial charge in [-0.2, -0.15) is 0 Å². The van der Waals surface area contributed by atoms with Crippen LogP contribution in [0.2, 0.25) is 0 Å². The quantitative estimate of drug-likeness (QED) is 0.769. The van der Waals surface area contributed by atoms with Crippen LogP contribution >= 0.6 is 15.9 Å². The van der Waals surface area contributed by atoms with E-state index in [0.717, 1.165) is 23.0 Å². The Morgan fingerprint density at radius 2 is 2.06 bits per heavy atom. The van der Waals surface area contributed by atoms with E-state index in [1.54, 1.807) is 0 Å². The average Bonchev–Trinajstić information content (AvgIpc) is 2.25. The largest absolute Gasteiger partial charge is 0.306 e. The van der Waals surface area contributed by atoms with Crippen molar-refractivity contribution in [3.63, 3.8) is 0 Å². The van der Waals surface area contributed by atoms with Crippen molar-refractivity contribution in [3.8, 4) is 0 Å². The number of halogens is 1. The molecule has 2 heteroatoms. The van der Waals surface area contributed by atoms with Crippen LogP contribution in [0.15, 0.2) is 53.5 Å². The lowest BCUT2D eigenvalue weighted by Gasteiger charge is -2.17. The van der Waals surface area contributed by atoms with Crippen LogP contribution in [0.5, 0.6) is 0 Å². The predicted molar refractivity (Wildman–Crippen MR) is 74.5 cm³/mol. The fourth-order valence-corrected chi connectivity index (χ4v) is 1.76. The van der Waals surface area contributed by atoms with E-state index in [1.165, 1.54) is 5.56 Å². The molecule has 1 unspecified atom stereocenters. The second-order valence-corrected chi connectivity index (χ2v) is 4.88. The molecule has 1 atom stereocenters. The molecule has 0 fully saturated rings. The number of nitrogens with one attached hydrogen (secondary N) is 1. The lowest BCUT2D eigenvalue weighted by Crippen LogP contribution is -2.22. The van der Waals surface area contributed by atoms with E-state index < -0.39 is 0 Å². The Morgan fingerprint density at radius 3 is 2.56 bits per heavy atom. The molecule has 86 valence electrons. The first-order valence-electron chi connectivity index (χ1n) is 5.37. The second kappa shape index (κ2) is 6.66. The summed E-state index contributed by atoms with van der Waals surface area (Å²) >= 11 is 3.44. The molecular formula is C14H18BrN. The molecule has 0 amide bonds. The molecule has 1 nitrogen and oxygen atoms in total. The van der Waals surface area contributed by atoms with Crippen LogP contribution in [0.1, 0.15) is 24.9 Å². The summed E-state index contributed by atoms with van der Waals surface area (Å²) in [6.07, 6.45) is 2.87. The van der Waals surface area contributed by atoms with Gasteiger partial charge < -0.3 is 5.32 Å². The van der Waals surface area contributed by atoms with Gasteiger partial charge in [0, 0.05) is 17.1 Å². The van der Waals surface area contributed by atoms with Crippen LogP contribution in [-0.4, -0.2) is 6.54 Å². The Morgan fingerprint density at radius 1 is 1.44 bits per heavy atom. The van der Waals surface area contributed by atoms with Crippen LogP contribution in [-0.2, 0) is 0 Å². The van der Waals surface area contributed by atoms with Crippen molar-refractivity contribution in [2.45, 2.75) is 19.4 Å². The second-order valence-electron chi connectivity index (χ2n) is 3.97. The normalized spacial score (nSPS) is 12.1. The van der Waals surface area contributed by atoms with Gasteiger partial charge in [-0.05, 0) is 31.0 Å². The molecule has 1 rings (SSSR count). The summed E-state index contributed by atoms with van der Waals surface area (Å²) in [5.74, 6) is 0. The third kappa shape index (κ3) is 4.33. The Kier molecular flexibility index (Phi) is 5.50. The first-order valence-corrected chi connectivity index (χ1v) is 6.17. The zero-order valence-electron chi connectivity index (χ0n) is 9.67. The number of rotatable bonds is 6. The van der Waals surface area contributed by atoms with Crippen molar-refractivity contribution < 1.29 is 0 Å². The minimum atomic E-state index is 0.322. The molecular weight excluding hydrogens is 262 g/mol. The Balaban J connectivity index is 2.72. The van der Waals surface area contributed by atoms with Crippen LogP contribution in [0.25, 0.3) is 0 Å². The monoisotopic (exact) mass is 279 g/mol. The molecule has 16 heavy (non-hydrogen) atoms. The van der Waals surface area contributed by atoms with Crippen molar-refractivity contribution in [2.75, 3.05) is 6.54 Å². The maximum atomic E-state index is 3.90. The molecule has 1 aromatic carbocycles. The molecule has 0 saturated heterocycles. The summed E-state index contributed by atoms with van der Waals surface area (Å²) in [5, 5.41) is 3.47. The summed E-state index contributed by atoms with van der Waals surface area (Å²) < 4.78 is 1.11. The molecule has 0 spiro atoms. The van der Waals surface area contributed by atoms with Gasteiger partial charge in [0.1, 0.15) is 0 Å². The van der Waals surface area contributed by atoms with Crippen LogP contribution < -0.4 is 5.32 Å². The molecule has 0 aromatic heterocycles. The molecule has 1 N–H and O–H groups in total. The van der Waals surface area contributed by atoms with Gasteiger partial charge in [0.05, 0.1) is 0 Å². The molecule has 0 aliphatic rings. The average molecular weight is 280 g/mol. The zero-order valence-corrected chi connectivity index (χ0v) is 11.3. The number of hydrogen-bond acceptors (Lipinski definition) is 1. The fraction of sp³-hybridized carbons (Fsp3) is 0.286. The van der Waals surface area contributed by atoms with E-state index in [0.29, 0.717) is 6.04 Å². The van der Waals surface area contributed by atoms with E-state index in [-0.39, 0.29) is 0 Å². The van der Waals surface area contributed by atoms with E-state index in [9.17, 15) is 0 Å². The van der Waals surface area contributed by atoms with E-state index in [1.807, 2.05) is 13.0 Å². The van der Waals surface area contributed by atoms with Gasteiger partial charge in [0.15, 0.2) is 0 Å². The summed E-state index contributed by atoms with van der Waals surface area (Å²) in [4.78, 5) is 0. The zero-order chi connectivity index (χ0) is 12.0. The number of hydrogen-bond donors (Lipinski definition) is 1. The van der Waals surface area contributed by atoms with Gasteiger partial charge in [0.2, 0.25) is 0 Å². The van der Waals surface area contributed by atoms with Crippen molar-refractivity contribution >= 4 is 15.9 Å². The molecule has 0 heterocycles. The maximum absolute atomic E-state index is 3.90. The minimum absolute atomic E-state index is 0.322. The van der Waals surface area contributed by atoms with Crippen LogP contribution in [0.4, 0.5) is 0 Å². The lowest BCUT2D eigenvalue weighted by atomic mass is 10.0. The lowest BCUT2D eigenvalue weighted by molar-refractivity contribution is 0.567. The van der Waals surface area contributed by atoms with Crippen molar-refractivity contribution in [3.05, 3.63) is 59.1 Å². The molecule has 0 aliphatic carbocycles. The first kappa shape index (κ1) is 13.2.